The van der Waals surface area contributed by atoms with Crippen LogP contribution in [0, 0.1) is 6.92 Å². The van der Waals surface area contributed by atoms with Crippen LogP contribution in [0.4, 0.5) is 11.4 Å². The molecule has 2 aromatic carbocycles. The molecular weight excluding hydrogens is 332 g/mol. The Morgan fingerprint density at radius 3 is 2.52 bits per heavy atom. The van der Waals surface area contributed by atoms with Gasteiger partial charge in [-0.3, -0.25) is 4.79 Å². The Hall–Kier alpha value is -2.01. The minimum Gasteiger partial charge on any atom is -0.507 e. The molecule has 0 spiro atoms. The highest BCUT2D eigenvalue weighted by Gasteiger charge is 2.12. The molecule has 21 heavy (non-hydrogen) atoms. The van der Waals surface area contributed by atoms with Gasteiger partial charge in [0.05, 0.1) is 5.56 Å². The third-order valence-electron chi connectivity index (χ3n) is 3.15. The number of hydrogen-bond acceptors (Lipinski definition) is 3. The number of phenols is 1. The Labute approximate surface area is 132 Å². The predicted molar refractivity (Wildman–Crippen MR) is 89.3 cm³/mol. The number of anilines is 2. The van der Waals surface area contributed by atoms with Crippen molar-refractivity contribution in [1.82, 2.24) is 0 Å². The van der Waals surface area contributed by atoms with Gasteiger partial charge in [0.2, 0.25) is 0 Å². The van der Waals surface area contributed by atoms with Crippen molar-refractivity contribution in [3.63, 3.8) is 0 Å². The first-order chi connectivity index (χ1) is 9.88. The van der Waals surface area contributed by atoms with Crippen LogP contribution in [0.5, 0.6) is 5.75 Å². The number of hydrogen-bond donors (Lipinski definition) is 2. The molecule has 2 rings (SSSR count). The van der Waals surface area contributed by atoms with Crippen LogP contribution in [0.3, 0.4) is 0 Å². The van der Waals surface area contributed by atoms with Crippen molar-refractivity contribution in [2.75, 3.05) is 24.3 Å². The number of carbonyl (C=O) groups excluding carboxylic acids is 1. The molecule has 0 heterocycles. The maximum absolute atomic E-state index is 12.2. The highest BCUT2D eigenvalue weighted by atomic mass is 79.9. The number of halogens is 1. The van der Waals surface area contributed by atoms with Gasteiger partial charge < -0.3 is 15.3 Å². The van der Waals surface area contributed by atoms with Crippen LogP contribution in [0.25, 0.3) is 0 Å². The smallest absolute Gasteiger partial charge is 0.259 e. The van der Waals surface area contributed by atoms with E-state index in [9.17, 15) is 9.90 Å². The Bertz CT molecular complexity index is 684. The third kappa shape index (κ3) is 3.55. The van der Waals surface area contributed by atoms with Crippen LogP contribution in [0.2, 0.25) is 0 Å². The summed E-state index contributed by atoms with van der Waals surface area (Å²) in [5.74, 6) is -0.393. The number of aromatic hydroxyl groups is 1. The summed E-state index contributed by atoms with van der Waals surface area (Å²) in [4.78, 5) is 14.2. The second kappa shape index (κ2) is 6.18. The summed E-state index contributed by atoms with van der Waals surface area (Å²) >= 11 is 3.25. The van der Waals surface area contributed by atoms with Crippen LogP contribution in [-0.2, 0) is 0 Å². The summed E-state index contributed by atoms with van der Waals surface area (Å²) in [6.45, 7) is 2.02. The maximum Gasteiger partial charge on any atom is 0.259 e. The lowest BCUT2D eigenvalue weighted by Crippen LogP contribution is -2.14. The van der Waals surface area contributed by atoms with E-state index < -0.39 is 0 Å². The van der Waals surface area contributed by atoms with Gasteiger partial charge in [-0.2, -0.15) is 0 Å². The number of aryl methyl sites for hydroxylation is 1. The number of carbonyl (C=O) groups is 1. The van der Waals surface area contributed by atoms with Gasteiger partial charge in [-0.05, 0) is 42.8 Å². The average molecular weight is 349 g/mol. The zero-order valence-corrected chi connectivity index (χ0v) is 13.7. The van der Waals surface area contributed by atoms with Crippen LogP contribution in [-0.4, -0.2) is 25.1 Å². The molecule has 5 heteroatoms. The van der Waals surface area contributed by atoms with E-state index in [0.29, 0.717) is 5.69 Å². The van der Waals surface area contributed by atoms with E-state index in [1.165, 1.54) is 6.07 Å². The molecule has 0 saturated carbocycles. The lowest BCUT2D eigenvalue weighted by Gasteiger charge is -2.17. The van der Waals surface area contributed by atoms with Crippen molar-refractivity contribution in [3.8, 4) is 5.75 Å². The maximum atomic E-state index is 12.2. The van der Waals surface area contributed by atoms with Gasteiger partial charge in [0.15, 0.2) is 0 Å². The highest BCUT2D eigenvalue weighted by Crippen LogP contribution is 2.25. The minimum absolute atomic E-state index is 0.0539. The van der Waals surface area contributed by atoms with Gasteiger partial charge in [0, 0.05) is 29.9 Å². The Balaban J connectivity index is 2.25. The number of benzene rings is 2. The quantitative estimate of drug-likeness (QED) is 0.887. The van der Waals surface area contributed by atoms with Gasteiger partial charge in [0.1, 0.15) is 5.75 Å². The molecule has 1 amide bonds. The van der Waals surface area contributed by atoms with Crippen molar-refractivity contribution in [2.45, 2.75) is 6.92 Å². The molecule has 0 bridgehead atoms. The van der Waals surface area contributed by atoms with E-state index in [4.69, 9.17) is 0 Å². The topological polar surface area (TPSA) is 52.6 Å². The molecule has 0 radical (unpaired) electrons. The second-order valence-corrected chi connectivity index (χ2v) is 5.93. The van der Waals surface area contributed by atoms with Gasteiger partial charge in [0.25, 0.3) is 5.91 Å². The molecule has 0 aliphatic heterocycles. The zero-order valence-electron chi connectivity index (χ0n) is 12.1. The zero-order chi connectivity index (χ0) is 15.6. The summed E-state index contributed by atoms with van der Waals surface area (Å²) in [5, 5.41) is 12.6. The standard InChI is InChI=1S/C16H17BrN2O2/c1-10-4-6-12(9-14(10)19(2)3)18-16(21)13-7-5-11(17)8-15(13)20/h4-9,20H,1-3H3,(H,18,21). The summed E-state index contributed by atoms with van der Waals surface area (Å²) < 4.78 is 0.724. The van der Waals surface area contributed by atoms with Crippen LogP contribution in [0.1, 0.15) is 15.9 Å². The molecule has 0 aliphatic rings. The van der Waals surface area contributed by atoms with Crippen molar-refractivity contribution in [3.05, 3.63) is 52.0 Å². The molecule has 0 aliphatic carbocycles. The van der Waals surface area contributed by atoms with Crippen molar-refractivity contribution in [2.24, 2.45) is 0 Å². The van der Waals surface area contributed by atoms with E-state index >= 15 is 0 Å². The first-order valence-electron chi connectivity index (χ1n) is 6.46. The van der Waals surface area contributed by atoms with Gasteiger partial charge in [-0.15, -0.1) is 0 Å². The number of rotatable bonds is 3. The number of nitrogens with one attached hydrogen (secondary N) is 1. The molecule has 0 unspecified atom stereocenters. The average Bonchev–Trinajstić information content (AvgIpc) is 2.40. The minimum atomic E-state index is -0.339. The van der Waals surface area contributed by atoms with E-state index in [1.54, 1.807) is 12.1 Å². The molecular formula is C16H17BrN2O2. The summed E-state index contributed by atoms with van der Waals surface area (Å²) in [6, 6.07) is 10.5. The third-order valence-corrected chi connectivity index (χ3v) is 3.65. The van der Waals surface area contributed by atoms with Crippen LogP contribution >= 0.6 is 15.9 Å². The number of amides is 1. The summed E-state index contributed by atoms with van der Waals surface area (Å²) in [5.41, 5.74) is 3.10. The van der Waals surface area contributed by atoms with Crippen LogP contribution < -0.4 is 10.2 Å². The fourth-order valence-electron chi connectivity index (χ4n) is 2.06. The normalized spacial score (nSPS) is 10.3. The van der Waals surface area contributed by atoms with E-state index in [1.807, 2.05) is 44.1 Å². The lowest BCUT2D eigenvalue weighted by molar-refractivity contribution is 0.102. The lowest BCUT2D eigenvalue weighted by atomic mass is 10.1. The SMILES string of the molecule is Cc1ccc(NC(=O)c2ccc(Br)cc2O)cc1N(C)C. The van der Waals surface area contributed by atoms with E-state index in [2.05, 4.69) is 21.2 Å². The van der Waals surface area contributed by atoms with Crippen molar-refractivity contribution in [1.29, 1.82) is 0 Å². The van der Waals surface area contributed by atoms with Crippen molar-refractivity contribution >= 4 is 33.2 Å². The molecule has 2 aromatic rings. The van der Waals surface area contributed by atoms with Gasteiger partial charge in [-0.25, -0.2) is 0 Å². The number of phenolic OH excluding ortho intramolecular Hbond substituents is 1. The molecule has 110 valence electrons. The molecule has 0 saturated heterocycles. The van der Waals surface area contributed by atoms with E-state index in [0.717, 1.165) is 15.7 Å². The first-order valence-corrected chi connectivity index (χ1v) is 7.25. The molecule has 0 fully saturated rings. The van der Waals surface area contributed by atoms with Crippen molar-refractivity contribution < 1.29 is 9.90 Å². The second-order valence-electron chi connectivity index (χ2n) is 5.01. The first kappa shape index (κ1) is 15.4. The van der Waals surface area contributed by atoms with E-state index in [-0.39, 0.29) is 17.2 Å². The monoisotopic (exact) mass is 348 g/mol. The molecule has 4 nitrogen and oxygen atoms in total. The molecule has 0 aromatic heterocycles. The Kier molecular flexibility index (Phi) is 4.53. The summed E-state index contributed by atoms with van der Waals surface area (Å²) in [7, 11) is 3.91. The molecule has 2 N–H and O–H groups in total. The summed E-state index contributed by atoms with van der Waals surface area (Å²) in [6.07, 6.45) is 0. The number of nitrogens with zero attached hydrogens (tertiary/aromatic N) is 1. The fraction of sp³-hybridized carbons (Fsp3) is 0.188. The van der Waals surface area contributed by atoms with Gasteiger partial charge in [-0.1, -0.05) is 22.0 Å². The Morgan fingerprint density at radius 2 is 1.90 bits per heavy atom. The highest BCUT2D eigenvalue weighted by molar-refractivity contribution is 9.10. The van der Waals surface area contributed by atoms with Gasteiger partial charge >= 0.3 is 0 Å². The Morgan fingerprint density at radius 1 is 1.19 bits per heavy atom. The fourth-order valence-corrected chi connectivity index (χ4v) is 2.41. The molecule has 0 atom stereocenters. The predicted octanol–water partition coefficient (Wildman–Crippen LogP) is 3.78. The largest absolute Gasteiger partial charge is 0.507 e. The van der Waals surface area contributed by atoms with Crippen LogP contribution in [0.15, 0.2) is 40.9 Å².